The third kappa shape index (κ3) is 3.44. The van der Waals surface area contributed by atoms with Gasteiger partial charge in [0, 0.05) is 22.6 Å². The van der Waals surface area contributed by atoms with Crippen molar-refractivity contribution < 1.29 is 4.79 Å². The van der Waals surface area contributed by atoms with Crippen molar-refractivity contribution >= 4 is 33.4 Å². The molecular weight excluding hydrogens is 304 g/mol. The van der Waals surface area contributed by atoms with Crippen molar-refractivity contribution in [2.75, 3.05) is 13.1 Å². The summed E-state index contributed by atoms with van der Waals surface area (Å²) < 4.78 is 0.744. The van der Waals surface area contributed by atoms with Gasteiger partial charge in [0.25, 0.3) is 5.91 Å². The lowest BCUT2D eigenvalue weighted by molar-refractivity contribution is 0.0930. The maximum atomic E-state index is 12.0. The summed E-state index contributed by atoms with van der Waals surface area (Å²) in [6.07, 6.45) is 2.14. The maximum absolute atomic E-state index is 12.0. The van der Waals surface area contributed by atoms with Gasteiger partial charge in [-0.05, 0) is 53.5 Å². The van der Waals surface area contributed by atoms with Crippen LogP contribution in [-0.2, 0) is 0 Å². The van der Waals surface area contributed by atoms with E-state index in [1.54, 1.807) is 18.2 Å². The Hall–Kier alpha value is -0.580. The van der Waals surface area contributed by atoms with Crippen LogP contribution in [0.5, 0.6) is 0 Å². The molecule has 1 aromatic carbocycles. The van der Waals surface area contributed by atoms with Gasteiger partial charge in [0.2, 0.25) is 0 Å². The van der Waals surface area contributed by atoms with E-state index in [0.717, 1.165) is 30.4 Å². The highest BCUT2D eigenvalue weighted by molar-refractivity contribution is 9.10. The van der Waals surface area contributed by atoms with Gasteiger partial charge >= 0.3 is 0 Å². The minimum atomic E-state index is -0.0453. The van der Waals surface area contributed by atoms with Crippen molar-refractivity contribution in [2.45, 2.75) is 18.9 Å². The number of carbonyl (C=O) groups is 1. The molecule has 1 aliphatic rings. The average molecular weight is 318 g/mol. The molecule has 2 rings (SSSR count). The molecule has 1 aliphatic heterocycles. The fraction of sp³-hybridized carbons (Fsp3) is 0.417. The van der Waals surface area contributed by atoms with Crippen LogP contribution in [0.25, 0.3) is 0 Å². The first-order valence-corrected chi connectivity index (χ1v) is 6.80. The Balaban J connectivity index is 2.01. The summed E-state index contributed by atoms with van der Waals surface area (Å²) in [5, 5.41) is 6.90. The van der Waals surface area contributed by atoms with Gasteiger partial charge in [-0.15, -0.1) is 0 Å². The van der Waals surface area contributed by atoms with E-state index in [1.165, 1.54) is 0 Å². The minimum absolute atomic E-state index is 0.0453. The Morgan fingerprint density at radius 1 is 1.53 bits per heavy atom. The van der Waals surface area contributed by atoms with Crippen molar-refractivity contribution in [2.24, 2.45) is 0 Å². The highest BCUT2D eigenvalue weighted by Crippen LogP contribution is 2.23. The number of hydrogen-bond donors (Lipinski definition) is 2. The standard InChI is InChI=1S/C12H14BrClN2O/c13-10-6-8(3-4-11(10)14)12(17)16-9-2-1-5-15-7-9/h3-4,6,9,15H,1-2,5,7H2,(H,16,17)/t9-/m1/s1. The molecule has 1 amide bonds. The third-order valence-corrected chi connectivity index (χ3v) is 4.03. The van der Waals surface area contributed by atoms with E-state index < -0.39 is 0 Å². The van der Waals surface area contributed by atoms with Crippen LogP contribution in [0, 0.1) is 0 Å². The summed E-state index contributed by atoms with van der Waals surface area (Å²) in [6, 6.07) is 5.43. The molecule has 0 aliphatic carbocycles. The molecule has 0 saturated carbocycles. The minimum Gasteiger partial charge on any atom is -0.348 e. The van der Waals surface area contributed by atoms with Crippen LogP contribution in [0.3, 0.4) is 0 Å². The molecule has 0 spiro atoms. The van der Waals surface area contributed by atoms with Gasteiger partial charge in [0.1, 0.15) is 0 Å². The Kier molecular flexibility index (Phi) is 4.42. The second kappa shape index (κ2) is 5.85. The lowest BCUT2D eigenvalue weighted by Gasteiger charge is -2.23. The van der Waals surface area contributed by atoms with Gasteiger partial charge < -0.3 is 10.6 Å². The Bertz CT molecular complexity index is 419. The van der Waals surface area contributed by atoms with Crippen LogP contribution in [0.4, 0.5) is 0 Å². The number of carbonyl (C=O) groups excluding carboxylic acids is 1. The second-order valence-corrected chi connectivity index (χ2v) is 5.41. The van der Waals surface area contributed by atoms with E-state index in [-0.39, 0.29) is 11.9 Å². The molecule has 17 heavy (non-hydrogen) atoms. The van der Waals surface area contributed by atoms with E-state index >= 15 is 0 Å². The summed E-state index contributed by atoms with van der Waals surface area (Å²) in [7, 11) is 0. The maximum Gasteiger partial charge on any atom is 0.251 e. The fourth-order valence-electron chi connectivity index (χ4n) is 1.88. The van der Waals surface area contributed by atoms with Crippen molar-refractivity contribution in [1.82, 2.24) is 10.6 Å². The Morgan fingerprint density at radius 3 is 3.00 bits per heavy atom. The van der Waals surface area contributed by atoms with Gasteiger partial charge in [-0.3, -0.25) is 4.79 Å². The topological polar surface area (TPSA) is 41.1 Å². The zero-order chi connectivity index (χ0) is 12.3. The van der Waals surface area contributed by atoms with Gasteiger partial charge in [0.05, 0.1) is 5.02 Å². The molecule has 0 bridgehead atoms. The molecule has 92 valence electrons. The van der Waals surface area contributed by atoms with Crippen LogP contribution in [0.2, 0.25) is 5.02 Å². The SMILES string of the molecule is O=C(N[C@@H]1CCCNC1)c1ccc(Cl)c(Br)c1. The monoisotopic (exact) mass is 316 g/mol. The first kappa shape index (κ1) is 12.9. The molecule has 2 N–H and O–H groups in total. The highest BCUT2D eigenvalue weighted by atomic mass is 79.9. The largest absolute Gasteiger partial charge is 0.348 e. The molecule has 3 nitrogen and oxygen atoms in total. The average Bonchev–Trinajstić information content (AvgIpc) is 2.34. The number of piperidine rings is 1. The van der Waals surface area contributed by atoms with Crippen molar-refractivity contribution in [3.8, 4) is 0 Å². The van der Waals surface area contributed by atoms with E-state index in [9.17, 15) is 4.79 Å². The fourth-order valence-corrected chi connectivity index (χ4v) is 2.38. The lowest BCUT2D eigenvalue weighted by atomic mass is 10.1. The molecule has 1 heterocycles. The number of amides is 1. The molecule has 0 aromatic heterocycles. The first-order valence-electron chi connectivity index (χ1n) is 5.63. The third-order valence-electron chi connectivity index (χ3n) is 2.81. The van der Waals surface area contributed by atoms with E-state index in [0.29, 0.717) is 10.6 Å². The summed E-state index contributed by atoms with van der Waals surface area (Å²) in [5.74, 6) is -0.0453. The van der Waals surface area contributed by atoms with E-state index in [2.05, 4.69) is 26.6 Å². The summed E-state index contributed by atoms with van der Waals surface area (Å²) in [4.78, 5) is 12.0. The lowest BCUT2D eigenvalue weighted by Crippen LogP contribution is -2.45. The molecule has 1 atom stereocenters. The van der Waals surface area contributed by atoms with Crippen LogP contribution in [0.15, 0.2) is 22.7 Å². The Morgan fingerprint density at radius 2 is 2.35 bits per heavy atom. The first-order chi connectivity index (χ1) is 8.16. The van der Waals surface area contributed by atoms with Crippen LogP contribution in [-0.4, -0.2) is 25.0 Å². The number of rotatable bonds is 2. The Labute approximate surface area is 114 Å². The number of benzene rings is 1. The zero-order valence-corrected chi connectivity index (χ0v) is 11.6. The van der Waals surface area contributed by atoms with Gasteiger partial charge in [-0.1, -0.05) is 11.6 Å². The summed E-state index contributed by atoms with van der Waals surface area (Å²) in [5.41, 5.74) is 0.631. The van der Waals surface area contributed by atoms with Crippen LogP contribution in [0.1, 0.15) is 23.2 Å². The molecule has 1 aromatic rings. The van der Waals surface area contributed by atoms with Gasteiger partial charge in [0.15, 0.2) is 0 Å². The van der Waals surface area contributed by atoms with Crippen LogP contribution < -0.4 is 10.6 Å². The second-order valence-electron chi connectivity index (χ2n) is 4.15. The molecule has 0 radical (unpaired) electrons. The van der Waals surface area contributed by atoms with Crippen molar-refractivity contribution in [3.05, 3.63) is 33.3 Å². The molecule has 1 fully saturated rings. The van der Waals surface area contributed by atoms with Crippen molar-refractivity contribution in [1.29, 1.82) is 0 Å². The predicted molar refractivity (Wildman–Crippen MR) is 72.5 cm³/mol. The van der Waals surface area contributed by atoms with Crippen LogP contribution >= 0.6 is 27.5 Å². The number of halogens is 2. The summed E-state index contributed by atoms with van der Waals surface area (Å²) in [6.45, 7) is 1.89. The quantitative estimate of drug-likeness (QED) is 0.880. The van der Waals surface area contributed by atoms with E-state index in [1.807, 2.05) is 0 Å². The summed E-state index contributed by atoms with van der Waals surface area (Å²) >= 11 is 9.20. The normalized spacial score (nSPS) is 20.0. The number of nitrogens with one attached hydrogen (secondary N) is 2. The van der Waals surface area contributed by atoms with E-state index in [4.69, 9.17) is 11.6 Å². The smallest absolute Gasteiger partial charge is 0.251 e. The van der Waals surface area contributed by atoms with Crippen molar-refractivity contribution in [3.63, 3.8) is 0 Å². The highest BCUT2D eigenvalue weighted by Gasteiger charge is 2.16. The van der Waals surface area contributed by atoms with Gasteiger partial charge in [-0.25, -0.2) is 0 Å². The molecule has 5 heteroatoms. The molecule has 0 unspecified atom stereocenters. The zero-order valence-electron chi connectivity index (χ0n) is 9.30. The van der Waals surface area contributed by atoms with Gasteiger partial charge in [-0.2, -0.15) is 0 Å². The number of hydrogen-bond acceptors (Lipinski definition) is 2. The predicted octanol–water partition coefficient (Wildman–Crippen LogP) is 2.58. The molecular formula is C12H14BrClN2O. The molecule has 1 saturated heterocycles.